The number of aryl methyl sites for hydroxylation is 1. The molecule has 5 rings (SSSR count). The molecule has 7 nitrogen and oxygen atoms in total. The maximum atomic E-state index is 11.7. The van der Waals surface area contributed by atoms with Gasteiger partial charge in [-0.15, -0.1) is 0 Å². The fourth-order valence-electron chi connectivity index (χ4n) is 4.10. The van der Waals surface area contributed by atoms with Crippen LogP contribution in [-0.4, -0.2) is 29.6 Å². The predicted molar refractivity (Wildman–Crippen MR) is 127 cm³/mol. The highest BCUT2D eigenvalue weighted by Gasteiger charge is 2.22. The van der Waals surface area contributed by atoms with Gasteiger partial charge in [-0.1, -0.05) is 41.9 Å². The van der Waals surface area contributed by atoms with Gasteiger partial charge < -0.3 is 5.32 Å². The number of aromatic nitrogens is 3. The van der Waals surface area contributed by atoms with Crippen LogP contribution in [-0.2, 0) is 16.4 Å². The molecule has 2 heterocycles. The summed E-state index contributed by atoms with van der Waals surface area (Å²) in [4.78, 5) is 13.0. The molecular weight excluding hydrogens is 446 g/mol. The highest BCUT2D eigenvalue weighted by Crippen LogP contribution is 2.36. The topological polar surface area (TPSA) is 96.9 Å². The van der Waals surface area contributed by atoms with Crippen molar-refractivity contribution in [3.8, 4) is 11.1 Å². The van der Waals surface area contributed by atoms with E-state index in [1.54, 1.807) is 18.6 Å². The normalized spacial score (nSPS) is 15.5. The monoisotopic (exact) mass is 465 g/mol. The molecule has 0 bridgehead atoms. The minimum absolute atomic E-state index is 0.0885. The van der Waals surface area contributed by atoms with Crippen LogP contribution in [0.5, 0.6) is 0 Å². The van der Waals surface area contributed by atoms with E-state index < -0.39 is 10.0 Å². The lowest BCUT2D eigenvalue weighted by atomic mass is 10.0. The Kier molecular flexibility index (Phi) is 5.19. The Bertz CT molecular complexity index is 1440. The van der Waals surface area contributed by atoms with E-state index in [1.165, 1.54) is 11.1 Å². The molecule has 1 aliphatic carbocycles. The highest BCUT2D eigenvalue weighted by atomic mass is 35.5. The van der Waals surface area contributed by atoms with Crippen LogP contribution in [0.15, 0.2) is 61.1 Å². The Labute approximate surface area is 191 Å². The molecule has 1 unspecified atom stereocenters. The van der Waals surface area contributed by atoms with Crippen molar-refractivity contribution in [1.29, 1.82) is 0 Å². The Morgan fingerprint density at radius 1 is 1.03 bits per heavy atom. The first-order valence-corrected chi connectivity index (χ1v) is 12.4. The first-order valence-electron chi connectivity index (χ1n) is 10.1. The molecule has 0 saturated carbocycles. The van der Waals surface area contributed by atoms with Gasteiger partial charge in [0.05, 0.1) is 23.5 Å². The van der Waals surface area contributed by atoms with E-state index in [4.69, 9.17) is 11.6 Å². The van der Waals surface area contributed by atoms with Crippen LogP contribution in [0.1, 0.15) is 23.6 Å². The van der Waals surface area contributed by atoms with Crippen LogP contribution >= 0.6 is 11.6 Å². The van der Waals surface area contributed by atoms with E-state index in [0.717, 1.165) is 46.9 Å². The molecule has 162 valence electrons. The summed E-state index contributed by atoms with van der Waals surface area (Å²) in [5.74, 6) is 0.759. The van der Waals surface area contributed by atoms with Gasteiger partial charge in [0, 0.05) is 17.1 Å². The SMILES string of the molecule is CS(=O)(=O)Nc1cc(-c2ccc3ncnc(NC4CCc5ccccc54)c3c2)cnc1Cl. The van der Waals surface area contributed by atoms with Crippen LogP contribution in [0.25, 0.3) is 22.0 Å². The van der Waals surface area contributed by atoms with Crippen LogP contribution in [0, 0.1) is 0 Å². The zero-order chi connectivity index (χ0) is 22.3. The van der Waals surface area contributed by atoms with Crippen molar-refractivity contribution in [2.45, 2.75) is 18.9 Å². The largest absolute Gasteiger partial charge is 0.363 e. The molecule has 2 aromatic carbocycles. The number of sulfonamides is 1. The fraction of sp³-hybridized carbons (Fsp3) is 0.174. The van der Waals surface area contributed by atoms with Crippen molar-refractivity contribution in [1.82, 2.24) is 15.0 Å². The molecule has 2 aromatic heterocycles. The summed E-state index contributed by atoms with van der Waals surface area (Å²) >= 11 is 6.08. The van der Waals surface area contributed by atoms with Gasteiger partial charge in [0.25, 0.3) is 0 Å². The van der Waals surface area contributed by atoms with Crippen LogP contribution < -0.4 is 10.0 Å². The van der Waals surface area contributed by atoms with Crippen LogP contribution in [0.4, 0.5) is 11.5 Å². The molecule has 32 heavy (non-hydrogen) atoms. The molecular formula is C23H20ClN5O2S. The average molecular weight is 466 g/mol. The van der Waals surface area contributed by atoms with E-state index in [2.05, 4.69) is 49.3 Å². The number of benzene rings is 2. The van der Waals surface area contributed by atoms with Gasteiger partial charge in [0.15, 0.2) is 5.15 Å². The summed E-state index contributed by atoms with van der Waals surface area (Å²) in [5.41, 5.74) is 5.29. The maximum Gasteiger partial charge on any atom is 0.229 e. The molecule has 0 fully saturated rings. The van der Waals surface area contributed by atoms with Crippen molar-refractivity contribution in [3.63, 3.8) is 0 Å². The minimum Gasteiger partial charge on any atom is -0.363 e. The van der Waals surface area contributed by atoms with Gasteiger partial charge in [-0.05, 0) is 47.7 Å². The number of hydrogen-bond acceptors (Lipinski definition) is 6. The summed E-state index contributed by atoms with van der Waals surface area (Å²) < 4.78 is 25.7. The zero-order valence-electron chi connectivity index (χ0n) is 17.2. The third-order valence-electron chi connectivity index (χ3n) is 5.55. The Balaban J connectivity index is 1.53. The molecule has 1 aliphatic rings. The highest BCUT2D eigenvalue weighted by molar-refractivity contribution is 7.92. The fourth-order valence-corrected chi connectivity index (χ4v) is 4.86. The molecule has 2 N–H and O–H groups in total. The lowest BCUT2D eigenvalue weighted by molar-refractivity contribution is 0.607. The summed E-state index contributed by atoms with van der Waals surface area (Å²) in [6.45, 7) is 0. The van der Waals surface area contributed by atoms with Gasteiger partial charge in [-0.2, -0.15) is 0 Å². The number of rotatable bonds is 5. The summed E-state index contributed by atoms with van der Waals surface area (Å²) in [5, 5.41) is 4.56. The summed E-state index contributed by atoms with van der Waals surface area (Å²) in [6.07, 6.45) is 6.29. The average Bonchev–Trinajstić information content (AvgIpc) is 3.17. The van der Waals surface area contributed by atoms with E-state index >= 15 is 0 Å². The van der Waals surface area contributed by atoms with Crippen molar-refractivity contribution in [2.75, 3.05) is 16.3 Å². The molecule has 0 aliphatic heterocycles. The number of nitrogens with one attached hydrogen (secondary N) is 2. The van der Waals surface area contributed by atoms with E-state index in [9.17, 15) is 8.42 Å². The Morgan fingerprint density at radius 2 is 1.88 bits per heavy atom. The second kappa shape index (κ2) is 8.03. The van der Waals surface area contributed by atoms with Gasteiger partial charge in [-0.3, -0.25) is 4.72 Å². The Morgan fingerprint density at radius 3 is 2.72 bits per heavy atom. The van der Waals surface area contributed by atoms with Gasteiger partial charge in [-0.25, -0.2) is 23.4 Å². The van der Waals surface area contributed by atoms with Crippen LogP contribution in [0.3, 0.4) is 0 Å². The van der Waals surface area contributed by atoms with Crippen molar-refractivity contribution < 1.29 is 8.42 Å². The third-order valence-corrected chi connectivity index (χ3v) is 6.44. The lowest BCUT2D eigenvalue weighted by Crippen LogP contribution is -2.10. The maximum absolute atomic E-state index is 11.7. The summed E-state index contributed by atoms with van der Waals surface area (Å²) in [7, 11) is -3.48. The first kappa shape index (κ1) is 20.7. The number of fused-ring (bicyclic) bond motifs is 2. The van der Waals surface area contributed by atoms with Crippen molar-refractivity contribution in [3.05, 3.63) is 77.3 Å². The molecule has 0 amide bonds. The zero-order valence-corrected chi connectivity index (χ0v) is 18.8. The lowest BCUT2D eigenvalue weighted by Gasteiger charge is -2.16. The van der Waals surface area contributed by atoms with Crippen LogP contribution in [0.2, 0.25) is 5.15 Å². The Hall–Kier alpha value is -3.23. The first-order chi connectivity index (χ1) is 15.4. The van der Waals surface area contributed by atoms with Crippen molar-refractivity contribution >= 4 is 44.0 Å². The second-order valence-corrected chi connectivity index (χ2v) is 9.93. The number of pyridine rings is 1. The van der Waals surface area contributed by atoms with Crippen molar-refractivity contribution in [2.24, 2.45) is 0 Å². The number of anilines is 2. The van der Waals surface area contributed by atoms with Gasteiger partial charge in [0.1, 0.15) is 12.1 Å². The third kappa shape index (κ3) is 4.11. The summed E-state index contributed by atoms with van der Waals surface area (Å²) in [6, 6.07) is 16.1. The molecule has 0 spiro atoms. The van der Waals surface area contributed by atoms with Gasteiger partial charge in [0.2, 0.25) is 10.0 Å². The standard InChI is InChI=1S/C23H20ClN5O2S/c1-32(30,31)29-21-11-16(12-25-22(21)24)15-7-8-19-18(10-15)23(27-13-26-19)28-20-9-6-14-4-2-3-5-17(14)20/h2-5,7-8,10-13,20,29H,6,9H2,1H3,(H,26,27,28). The van der Waals surface area contributed by atoms with Gasteiger partial charge >= 0.3 is 0 Å². The molecule has 9 heteroatoms. The molecule has 4 aromatic rings. The molecule has 0 radical (unpaired) electrons. The second-order valence-electron chi connectivity index (χ2n) is 7.83. The number of hydrogen-bond donors (Lipinski definition) is 2. The smallest absolute Gasteiger partial charge is 0.229 e. The minimum atomic E-state index is -3.48. The number of nitrogens with zero attached hydrogens (tertiary/aromatic N) is 3. The number of halogens is 1. The molecule has 1 atom stereocenters. The van der Waals surface area contributed by atoms with E-state index in [0.29, 0.717) is 0 Å². The molecule has 0 saturated heterocycles. The van der Waals surface area contributed by atoms with E-state index in [-0.39, 0.29) is 16.9 Å². The quantitative estimate of drug-likeness (QED) is 0.410. The predicted octanol–water partition coefficient (Wildman–Crippen LogP) is 4.82. The van der Waals surface area contributed by atoms with E-state index in [1.807, 2.05) is 18.2 Å².